The largest absolute Gasteiger partial charge is 0.270 e. The summed E-state index contributed by atoms with van der Waals surface area (Å²) < 4.78 is 0. The van der Waals surface area contributed by atoms with Crippen LogP contribution in [0.3, 0.4) is 0 Å². The number of carbonyl (C=O) groups excluding carboxylic acids is 1. The summed E-state index contributed by atoms with van der Waals surface area (Å²) in [6.07, 6.45) is 0. The zero-order valence-corrected chi connectivity index (χ0v) is 7.53. The van der Waals surface area contributed by atoms with E-state index in [0.29, 0.717) is 5.56 Å². The maximum atomic E-state index is 11.6. The molecule has 4 nitrogen and oxygen atoms in total. The van der Waals surface area contributed by atoms with E-state index in [2.05, 4.69) is 10.4 Å². The van der Waals surface area contributed by atoms with E-state index < -0.39 is 0 Å². The summed E-state index contributed by atoms with van der Waals surface area (Å²) in [4.78, 5) is 16.0. The molecular formula is C10H9N3O. The van der Waals surface area contributed by atoms with Gasteiger partial charge in [-0.25, -0.2) is 0 Å². The summed E-state index contributed by atoms with van der Waals surface area (Å²) in [5.41, 5.74) is 4.45. The Morgan fingerprint density at radius 1 is 1.29 bits per heavy atom. The van der Waals surface area contributed by atoms with Gasteiger partial charge < -0.3 is 0 Å². The lowest BCUT2D eigenvalue weighted by molar-refractivity contribution is 0.0868. The number of rotatable bonds is 0. The van der Waals surface area contributed by atoms with Gasteiger partial charge in [-0.2, -0.15) is 0 Å². The highest BCUT2D eigenvalue weighted by Gasteiger charge is 2.29. The third-order valence-corrected chi connectivity index (χ3v) is 2.49. The first-order valence-electron chi connectivity index (χ1n) is 4.58. The molecular weight excluding hydrogens is 178 g/mol. The molecule has 1 amide bonds. The maximum absolute atomic E-state index is 11.6. The fourth-order valence-corrected chi connectivity index (χ4v) is 1.85. The van der Waals surface area contributed by atoms with Crippen LogP contribution in [-0.2, 0) is 0 Å². The maximum Gasteiger partial charge on any atom is 0.270 e. The number of hydrogen-bond donors (Lipinski definition) is 1. The van der Waals surface area contributed by atoms with Crippen molar-refractivity contribution >= 4 is 11.7 Å². The van der Waals surface area contributed by atoms with E-state index in [0.717, 1.165) is 24.5 Å². The van der Waals surface area contributed by atoms with Crippen molar-refractivity contribution in [2.75, 3.05) is 13.1 Å². The minimum absolute atomic E-state index is 0.0403. The predicted octanol–water partition coefficient (Wildman–Crippen LogP) is 0.407. The third kappa shape index (κ3) is 0.878. The Morgan fingerprint density at radius 3 is 2.93 bits per heavy atom. The summed E-state index contributed by atoms with van der Waals surface area (Å²) in [5, 5.41) is 1.81. The van der Waals surface area contributed by atoms with Crippen LogP contribution in [0.5, 0.6) is 0 Å². The molecule has 0 unspecified atom stereocenters. The van der Waals surface area contributed by atoms with Gasteiger partial charge in [-0.05, 0) is 6.07 Å². The van der Waals surface area contributed by atoms with E-state index in [1.54, 1.807) is 0 Å². The van der Waals surface area contributed by atoms with Gasteiger partial charge in [0, 0.05) is 5.56 Å². The third-order valence-electron chi connectivity index (χ3n) is 2.49. The predicted molar refractivity (Wildman–Crippen MR) is 52.0 cm³/mol. The molecule has 14 heavy (non-hydrogen) atoms. The first kappa shape index (κ1) is 7.55. The van der Waals surface area contributed by atoms with Crippen molar-refractivity contribution in [1.82, 2.24) is 10.4 Å². The second-order valence-corrected chi connectivity index (χ2v) is 3.34. The summed E-state index contributed by atoms with van der Waals surface area (Å²) in [7, 11) is 0. The Balaban J connectivity index is 2.22. The van der Waals surface area contributed by atoms with Gasteiger partial charge in [-0.3, -0.25) is 20.2 Å². The molecule has 1 aromatic carbocycles. The molecule has 0 aromatic heterocycles. The molecule has 1 N–H and O–H groups in total. The Kier molecular flexibility index (Phi) is 1.39. The Bertz CT molecular complexity index is 439. The number of nitrogens with zero attached hydrogens (tertiary/aromatic N) is 2. The van der Waals surface area contributed by atoms with Gasteiger partial charge in [0.2, 0.25) is 0 Å². The number of fused-ring (bicyclic) bond motifs is 3. The number of aliphatic imine (C=N–C) groups is 1. The average molecular weight is 187 g/mol. The highest BCUT2D eigenvalue weighted by Crippen LogP contribution is 2.18. The number of hydrazine groups is 1. The fourth-order valence-electron chi connectivity index (χ4n) is 1.85. The smallest absolute Gasteiger partial charge is 0.267 e. The van der Waals surface area contributed by atoms with Crippen LogP contribution in [0.4, 0.5) is 0 Å². The molecule has 2 aliphatic rings. The van der Waals surface area contributed by atoms with Gasteiger partial charge in [0.25, 0.3) is 5.91 Å². The lowest BCUT2D eigenvalue weighted by Gasteiger charge is -2.27. The highest BCUT2D eigenvalue weighted by molar-refractivity contribution is 6.13. The Labute approximate surface area is 81.2 Å². The van der Waals surface area contributed by atoms with E-state index in [4.69, 9.17) is 0 Å². The topological polar surface area (TPSA) is 44.7 Å². The fraction of sp³-hybridized carbons (Fsp3) is 0.200. The second kappa shape index (κ2) is 2.57. The van der Waals surface area contributed by atoms with Gasteiger partial charge in [0.1, 0.15) is 0 Å². The van der Waals surface area contributed by atoms with Crippen molar-refractivity contribution in [3.05, 3.63) is 35.4 Å². The minimum atomic E-state index is -0.0403. The molecule has 0 fully saturated rings. The van der Waals surface area contributed by atoms with E-state index in [1.165, 1.54) is 0 Å². The number of carbonyl (C=O) groups is 1. The Hall–Kier alpha value is -1.84. The number of benzene rings is 1. The molecule has 0 spiro atoms. The molecule has 0 saturated carbocycles. The molecule has 0 atom stereocenters. The molecule has 3 rings (SSSR count). The number of hydrogen-bond acceptors (Lipinski definition) is 3. The molecule has 2 heterocycles. The van der Waals surface area contributed by atoms with Crippen LogP contribution in [0.1, 0.15) is 15.9 Å². The lowest BCUT2D eigenvalue weighted by Crippen LogP contribution is -2.49. The standard InChI is InChI=1S/C10H9N3O/c14-10-8-4-2-1-3-7(8)9-11-5-6-13(9)12-10/h1-4H,5-6H2,(H,12,14). The monoisotopic (exact) mass is 187 g/mol. The molecule has 0 saturated heterocycles. The zero-order chi connectivity index (χ0) is 9.54. The SMILES string of the molecule is O=C1NN2CCN=C2c2ccccc21. The summed E-state index contributed by atoms with van der Waals surface area (Å²) >= 11 is 0. The molecule has 0 aliphatic carbocycles. The number of amidine groups is 1. The summed E-state index contributed by atoms with van der Waals surface area (Å²) in [5.74, 6) is 0.849. The lowest BCUT2D eigenvalue weighted by atomic mass is 10.0. The van der Waals surface area contributed by atoms with Gasteiger partial charge in [0.15, 0.2) is 5.84 Å². The quantitative estimate of drug-likeness (QED) is 0.639. The van der Waals surface area contributed by atoms with Crippen molar-refractivity contribution in [3.63, 3.8) is 0 Å². The van der Waals surface area contributed by atoms with Crippen LogP contribution in [-0.4, -0.2) is 29.8 Å². The zero-order valence-electron chi connectivity index (χ0n) is 7.53. The normalized spacial score (nSPS) is 18.4. The number of amides is 1. The van der Waals surface area contributed by atoms with Gasteiger partial charge in [0.05, 0.1) is 18.7 Å². The van der Waals surface area contributed by atoms with Crippen molar-refractivity contribution in [1.29, 1.82) is 0 Å². The van der Waals surface area contributed by atoms with Gasteiger partial charge in [-0.15, -0.1) is 0 Å². The summed E-state index contributed by atoms with van der Waals surface area (Å²) in [6, 6.07) is 7.55. The molecule has 0 radical (unpaired) electrons. The van der Waals surface area contributed by atoms with Gasteiger partial charge in [-0.1, -0.05) is 18.2 Å². The van der Waals surface area contributed by atoms with Crippen LogP contribution in [0.25, 0.3) is 0 Å². The van der Waals surface area contributed by atoms with Crippen LogP contribution < -0.4 is 5.43 Å². The first-order valence-corrected chi connectivity index (χ1v) is 4.58. The Morgan fingerprint density at radius 2 is 2.07 bits per heavy atom. The van der Waals surface area contributed by atoms with E-state index >= 15 is 0 Å². The van der Waals surface area contributed by atoms with Crippen molar-refractivity contribution < 1.29 is 4.79 Å². The molecule has 0 bridgehead atoms. The van der Waals surface area contributed by atoms with Crippen molar-refractivity contribution in [2.24, 2.45) is 4.99 Å². The molecule has 2 aliphatic heterocycles. The van der Waals surface area contributed by atoms with Crippen LogP contribution >= 0.6 is 0 Å². The van der Waals surface area contributed by atoms with Crippen LogP contribution in [0.15, 0.2) is 29.3 Å². The van der Waals surface area contributed by atoms with Crippen molar-refractivity contribution in [2.45, 2.75) is 0 Å². The average Bonchev–Trinajstić information content (AvgIpc) is 2.66. The first-order chi connectivity index (χ1) is 6.86. The molecule has 4 heteroatoms. The molecule has 1 aromatic rings. The summed E-state index contributed by atoms with van der Waals surface area (Å²) in [6.45, 7) is 1.53. The van der Waals surface area contributed by atoms with E-state index in [-0.39, 0.29) is 5.91 Å². The van der Waals surface area contributed by atoms with Crippen molar-refractivity contribution in [3.8, 4) is 0 Å². The van der Waals surface area contributed by atoms with E-state index in [1.807, 2.05) is 29.3 Å². The second-order valence-electron chi connectivity index (χ2n) is 3.34. The van der Waals surface area contributed by atoms with Crippen LogP contribution in [0.2, 0.25) is 0 Å². The molecule has 70 valence electrons. The number of nitrogens with one attached hydrogen (secondary N) is 1. The van der Waals surface area contributed by atoms with E-state index in [9.17, 15) is 4.79 Å². The van der Waals surface area contributed by atoms with Gasteiger partial charge >= 0.3 is 0 Å². The van der Waals surface area contributed by atoms with Crippen LogP contribution in [0, 0.1) is 0 Å². The minimum Gasteiger partial charge on any atom is -0.267 e. The highest BCUT2D eigenvalue weighted by atomic mass is 16.2.